The molecule has 0 spiro atoms. The summed E-state index contributed by atoms with van der Waals surface area (Å²) in [6.07, 6.45) is 5.86. The molecule has 16 heavy (non-hydrogen) atoms. The van der Waals surface area contributed by atoms with Gasteiger partial charge in [0.2, 0.25) is 0 Å². The van der Waals surface area contributed by atoms with Gasteiger partial charge in [-0.05, 0) is 58.8 Å². The molecule has 2 rings (SSSR count). The molecule has 0 radical (unpaired) electrons. The van der Waals surface area contributed by atoms with Crippen LogP contribution in [0, 0.1) is 0 Å². The van der Waals surface area contributed by atoms with Gasteiger partial charge < -0.3 is 10.0 Å². The molecule has 94 valence electrons. The fourth-order valence-electron chi connectivity index (χ4n) is 3.31. The van der Waals surface area contributed by atoms with Crippen LogP contribution in [-0.4, -0.2) is 59.8 Å². The Bertz CT molecular complexity index is 214. The van der Waals surface area contributed by atoms with Crippen molar-refractivity contribution in [3.8, 4) is 0 Å². The number of piperidine rings is 1. The highest BCUT2D eigenvalue weighted by molar-refractivity contribution is 4.88. The van der Waals surface area contributed by atoms with Gasteiger partial charge in [0, 0.05) is 12.1 Å². The number of likely N-dealkylation sites (N-methyl/N-ethyl adjacent to an activating group) is 1. The Labute approximate surface area is 99.4 Å². The van der Waals surface area contributed by atoms with E-state index in [1.54, 1.807) is 0 Å². The average molecular weight is 226 g/mol. The third-order valence-electron chi connectivity index (χ3n) is 4.55. The lowest BCUT2D eigenvalue weighted by Gasteiger charge is -2.40. The Morgan fingerprint density at radius 2 is 1.88 bits per heavy atom. The van der Waals surface area contributed by atoms with Crippen LogP contribution >= 0.6 is 0 Å². The summed E-state index contributed by atoms with van der Waals surface area (Å²) in [4.78, 5) is 4.99. The van der Waals surface area contributed by atoms with E-state index < -0.39 is 0 Å². The molecule has 0 aromatic rings. The minimum absolute atomic E-state index is 0.0748. The zero-order valence-electron chi connectivity index (χ0n) is 10.7. The summed E-state index contributed by atoms with van der Waals surface area (Å²) in [7, 11) is 2.21. The quantitative estimate of drug-likeness (QED) is 0.786. The fourth-order valence-corrected chi connectivity index (χ4v) is 3.31. The molecule has 0 aromatic carbocycles. The predicted octanol–water partition coefficient (Wildman–Crippen LogP) is 1.32. The molecular weight excluding hydrogens is 200 g/mol. The molecule has 3 nitrogen and oxygen atoms in total. The van der Waals surface area contributed by atoms with Gasteiger partial charge in [0.1, 0.15) is 0 Å². The molecule has 0 bridgehead atoms. The van der Waals surface area contributed by atoms with Crippen LogP contribution in [0.3, 0.4) is 0 Å². The highest BCUT2D eigenvalue weighted by atomic mass is 16.3. The lowest BCUT2D eigenvalue weighted by atomic mass is 10.0. The standard InChI is InChI=1S/C13H26N2O/c1-3-15-9-7-11(8-10-15)14(2)12-5-4-6-13(12)16/h11-13,16H,3-10H2,1-2H3/t12-,13-/m1/s1. The minimum atomic E-state index is -0.0748. The summed E-state index contributed by atoms with van der Waals surface area (Å²) in [6.45, 7) is 5.88. The lowest BCUT2D eigenvalue weighted by molar-refractivity contribution is 0.0380. The molecule has 2 fully saturated rings. The topological polar surface area (TPSA) is 26.7 Å². The average Bonchev–Trinajstić information content (AvgIpc) is 2.75. The monoisotopic (exact) mass is 226 g/mol. The van der Waals surface area contributed by atoms with Crippen molar-refractivity contribution in [3.05, 3.63) is 0 Å². The zero-order chi connectivity index (χ0) is 11.5. The number of aliphatic hydroxyl groups excluding tert-OH is 1. The molecule has 1 N–H and O–H groups in total. The number of aliphatic hydroxyl groups is 1. The van der Waals surface area contributed by atoms with Crippen LogP contribution < -0.4 is 0 Å². The second kappa shape index (κ2) is 5.48. The van der Waals surface area contributed by atoms with E-state index in [-0.39, 0.29) is 6.10 Å². The maximum atomic E-state index is 9.94. The van der Waals surface area contributed by atoms with E-state index in [1.165, 1.54) is 45.3 Å². The maximum Gasteiger partial charge on any atom is 0.0695 e. The van der Waals surface area contributed by atoms with Gasteiger partial charge >= 0.3 is 0 Å². The van der Waals surface area contributed by atoms with Gasteiger partial charge in [-0.3, -0.25) is 4.90 Å². The van der Waals surface area contributed by atoms with Gasteiger partial charge in [0.15, 0.2) is 0 Å². The van der Waals surface area contributed by atoms with Crippen LogP contribution in [0.25, 0.3) is 0 Å². The first-order valence-corrected chi connectivity index (χ1v) is 6.84. The Hall–Kier alpha value is -0.120. The van der Waals surface area contributed by atoms with E-state index in [0.717, 1.165) is 6.42 Å². The van der Waals surface area contributed by atoms with E-state index in [0.29, 0.717) is 12.1 Å². The van der Waals surface area contributed by atoms with E-state index in [9.17, 15) is 5.11 Å². The molecule has 1 aliphatic carbocycles. The first-order valence-electron chi connectivity index (χ1n) is 6.84. The molecule has 3 heteroatoms. The van der Waals surface area contributed by atoms with E-state index in [1.807, 2.05) is 0 Å². The molecule has 0 unspecified atom stereocenters. The largest absolute Gasteiger partial charge is 0.391 e. The van der Waals surface area contributed by atoms with Crippen LogP contribution in [0.4, 0.5) is 0 Å². The summed E-state index contributed by atoms with van der Waals surface area (Å²) < 4.78 is 0. The molecule has 2 aliphatic rings. The van der Waals surface area contributed by atoms with E-state index in [2.05, 4.69) is 23.8 Å². The summed E-state index contributed by atoms with van der Waals surface area (Å²) in [5.41, 5.74) is 0. The molecule has 1 saturated heterocycles. The van der Waals surface area contributed by atoms with Crippen LogP contribution in [0.5, 0.6) is 0 Å². The first-order chi connectivity index (χ1) is 7.72. The number of nitrogens with zero attached hydrogens (tertiary/aromatic N) is 2. The first kappa shape index (κ1) is 12.3. The summed E-state index contributed by atoms with van der Waals surface area (Å²) >= 11 is 0. The number of hydrogen-bond acceptors (Lipinski definition) is 3. The molecule has 1 heterocycles. The third kappa shape index (κ3) is 2.58. The smallest absolute Gasteiger partial charge is 0.0695 e. The van der Waals surface area contributed by atoms with Crippen molar-refractivity contribution >= 4 is 0 Å². The van der Waals surface area contributed by atoms with Crippen molar-refractivity contribution in [1.82, 2.24) is 9.80 Å². The van der Waals surface area contributed by atoms with Crippen molar-refractivity contribution in [2.45, 2.75) is 57.2 Å². The molecule has 1 aliphatic heterocycles. The van der Waals surface area contributed by atoms with Gasteiger partial charge in [-0.2, -0.15) is 0 Å². The van der Waals surface area contributed by atoms with Crippen molar-refractivity contribution < 1.29 is 5.11 Å². The Balaban J connectivity index is 1.83. The zero-order valence-corrected chi connectivity index (χ0v) is 10.7. The fraction of sp³-hybridized carbons (Fsp3) is 1.00. The highest BCUT2D eigenvalue weighted by Crippen LogP contribution is 2.27. The van der Waals surface area contributed by atoms with Crippen LogP contribution in [0.15, 0.2) is 0 Å². The summed E-state index contributed by atoms with van der Waals surface area (Å²) in [5.74, 6) is 0. The summed E-state index contributed by atoms with van der Waals surface area (Å²) in [6, 6.07) is 1.12. The third-order valence-corrected chi connectivity index (χ3v) is 4.55. The molecule has 0 aromatic heterocycles. The maximum absolute atomic E-state index is 9.94. The molecule has 2 atom stereocenters. The van der Waals surface area contributed by atoms with E-state index in [4.69, 9.17) is 0 Å². The lowest BCUT2D eigenvalue weighted by Crippen LogP contribution is -2.49. The van der Waals surface area contributed by atoms with Gasteiger partial charge in [-0.25, -0.2) is 0 Å². The van der Waals surface area contributed by atoms with Crippen LogP contribution in [-0.2, 0) is 0 Å². The van der Waals surface area contributed by atoms with Crippen molar-refractivity contribution in [2.24, 2.45) is 0 Å². The van der Waals surface area contributed by atoms with Gasteiger partial charge in [-0.1, -0.05) is 6.92 Å². The number of rotatable bonds is 3. The number of likely N-dealkylation sites (tertiary alicyclic amines) is 1. The Morgan fingerprint density at radius 3 is 2.38 bits per heavy atom. The SMILES string of the molecule is CCN1CCC(N(C)[C@@H]2CCC[C@H]2O)CC1. The highest BCUT2D eigenvalue weighted by Gasteiger charge is 2.33. The van der Waals surface area contributed by atoms with Crippen molar-refractivity contribution in [1.29, 1.82) is 0 Å². The van der Waals surface area contributed by atoms with Gasteiger partial charge in [-0.15, -0.1) is 0 Å². The Kier molecular flexibility index (Phi) is 4.22. The molecular formula is C13H26N2O. The minimum Gasteiger partial charge on any atom is -0.391 e. The molecule has 0 amide bonds. The van der Waals surface area contributed by atoms with Gasteiger partial charge in [0.05, 0.1) is 6.10 Å². The van der Waals surface area contributed by atoms with Crippen LogP contribution in [0.2, 0.25) is 0 Å². The van der Waals surface area contributed by atoms with Crippen LogP contribution in [0.1, 0.15) is 39.0 Å². The van der Waals surface area contributed by atoms with Gasteiger partial charge in [0.25, 0.3) is 0 Å². The second-order valence-corrected chi connectivity index (χ2v) is 5.40. The predicted molar refractivity (Wildman–Crippen MR) is 66.5 cm³/mol. The van der Waals surface area contributed by atoms with Crippen molar-refractivity contribution in [3.63, 3.8) is 0 Å². The number of hydrogen-bond donors (Lipinski definition) is 1. The second-order valence-electron chi connectivity index (χ2n) is 5.40. The van der Waals surface area contributed by atoms with Crippen molar-refractivity contribution in [2.75, 3.05) is 26.7 Å². The Morgan fingerprint density at radius 1 is 1.19 bits per heavy atom. The normalized spacial score (nSPS) is 33.8. The van der Waals surface area contributed by atoms with E-state index >= 15 is 0 Å². The summed E-state index contributed by atoms with van der Waals surface area (Å²) in [5, 5.41) is 9.94. The molecule has 1 saturated carbocycles.